The lowest BCUT2D eigenvalue weighted by molar-refractivity contribution is 0.466. The van der Waals surface area contributed by atoms with E-state index in [1.165, 1.54) is 42.5 Å². The molecule has 0 amide bonds. The Balaban J connectivity index is 1.52. The van der Waals surface area contributed by atoms with Crippen molar-refractivity contribution in [3.05, 3.63) is 35.4 Å². The maximum Gasteiger partial charge on any atom is 0.0537 e. The van der Waals surface area contributed by atoms with Gasteiger partial charge in [-0.15, -0.1) is 0 Å². The largest absolute Gasteiger partial charge is 0.308 e. The summed E-state index contributed by atoms with van der Waals surface area (Å²) in [6.07, 6.45) is 11.4. The predicted molar refractivity (Wildman–Crippen MR) is 78.2 cm³/mol. The van der Waals surface area contributed by atoms with E-state index in [1.54, 1.807) is 0 Å². The fourth-order valence-electron chi connectivity index (χ4n) is 2.90. The van der Waals surface area contributed by atoms with Gasteiger partial charge < -0.3 is 5.32 Å². The van der Waals surface area contributed by atoms with E-state index in [1.807, 2.05) is 24.1 Å². The Kier molecular flexibility index (Phi) is 3.87. The second kappa shape index (κ2) is 5.79. The molecule has 0 aromatic carbocycles. The van der Waals surface area contributed by atoms with Crippen molar-refractivity contribution in [3.8, 4) is 0 Å². The summed E-state index contributed by atoms with van der Waals surface area (Å²) in [6.45, 7) is 3.82. The molecule has 1 N–H and O–H groups in total. The molecule has 1 fully saturated rings. The molecule has 5 heteroatoms. The summed E-state index contributed by atoms with van der Waals surface area (Å²) in [5.41, 5.74) is 3.74. The number of aromatic nitrogens is 4. The molecule has 0 unspecified atom stereocenters. The first-order valence-corrected chi connectivity index (χ1v) is 7.45. The highest BCUT2D eigenvalue weighted by Gasteiger charge is 2.17. The highest BCUT2D eigenvalue weighted by molar-refractivity contribution is 5.15. The van der Waals surface area contributed by atoms with Gasteiger partial charge in [-0.25, -0.2) is 0 Å². The van der Waals surface area contributed by atoms with Crippen LogP contribution in [-0.4, -0.2) is 19.6 Å². The van der Waals surface area contributed by atoms with Crippen LogP contribution in [0.4, 0.5) is 0 Å². The highest BCUT2D eigenvalue weighted by atomic mass is 15.3. The first-order chi connectivity index (χ1) is 9.74. The zero-order valence-corrected chi connectivity index (χ0v) is 12.3. The molecule has 3 rings (SSSR count). The molecule has 108 valence electrons. The van der Waals surface area contributed by atoms with E-state index >= 15 is 0 Å². The second-order valence-corrected chi connectivity index (χ2v) is 5.75. The Morgan fingerprint density at radius 2 is 2.00 bits per heavy atom. The standard InChI is InChI=1S/C15H23N5/c1-12-14(10-17-19(12)2)9-16-7-13-8-18-20(11-13)15-5-3-4-6-15/h8,10-11,15-16H,3-7,9H2,1-2H3. The fraction of sp³-hybridized carbons (Fsp3) is 0.600. The lowest BCUT2D eigenvalue weighted by Gasteiger charge is -2.08. The van der Waals surface area contributed by atoms with Crippen LogP contribution < -0.4 is 5.32 Å². The molecule has 0 saturated heterocycles. The predicted octanol–water partition coefficient (Wildman–Crippen LogP) is 2.33. The summed E-state index contributed by atoms with van der Waals surface area (Å²) in [4.78, 5) is 0. The van der Waals surface area contributed by atoms with Gasteiger partial charge >= 0.3 is 0 Å². The Morgan fingerprint density at radius 1 is 1.20 bits per heavy atom. The molecule has 2 aromatic heterocycles. The van der Waals surface area contributed by atoms with Gasteiger partial charge in [0.15, 0.2) is 0 Å². The number of hydrogen-bond donors (Lipinski definition) is 1. The molecule has 20 heavy (non-hydrogen) atoms. The zero-order chi connectivity index (χ0) is 13.9. The number of aryl methyl sites for hydroxylation is 1. The Bertz CT molecular complexity index is 563. The van der Waals surface area contributed by atoms with Gasteiger partial charge in [-0.1, -0.05) is 12.8 Å². The maximum absolute atomic E-state index is 4.51. The van der Waals surface area contributed by atoms with Crippen molar-refractivity contribution in [2.75, 3.05) is 0 Å². The van der Waals surface area contributed by atoms with E-state index < -0.39 is 0 Å². The van der Waals surface area contributed by atoms with Crippen molar-refractivity contribution >= 4 is 0 Å². The van der Waals surface area contributed by atoms with Gasteiger partial charge in [0.1, 0.15) is 0 Å². The molecule has 5 nitrogen and oxygen atoms in total. The van der Waals surface area contributed by atoms with Crippen LogP contribution in [-0.2, 0) is 20.1 Å². The van der Waals surface area contributed by atoms with Crippen LogP contribution in [0.1, 0.15) is 48.5 Å². The van der Waals surface area contributed by atoms with Gasteiger partial charge in [-0.05, 0) is 19.8 Å². The van der Waals surface area contributed by atoms with E-state index in [9.17, 15) is 0 Å². The monoisotopic (exact) mass is 273 g/mol. The van der Waals surface area contributed by atoms with Crippen LogP contribution in [0.15, 0.2) is 18.6 Å². The van der Waals surface area contributed by atoms with Crippen molar-refractivity contribution < 1.29 is 0 Å². The normalized spacial score (nSPS) is 16.1. The van der Waals surface area contributed by atoms with Crippen LogP contribution in [0.25, 0.3) is 0 Å². The number of hydrogen-bond acceptors (Lipinski definition) is 3. The topological polar surface area (TPSA) is 47.7 Å². The van der Waals surface area contributed by atoms with Gasteiger partial charge in [-0.3, -0.25) is 9.36 Å². The van der Waals surface area contributed by atoms with Gasteiger partial charge in [0, 0.05) is 43.2 Å². The van der Waals surface area contributed by atoms with E-state index in [0.29, 0.717) is 6.04 Å². The van der Waals surface area contributed by atoms with Crippen LogP contribution >= 0.6 is 0 Å². The third-order valence-electron chi connectivity index (χ3n) is 4.34. The van der Waals surface area contributed by atoms with Crippen molar-refractivity contribution in [1.29, 1.82) is 0 Å². The quantitative estimate of drug-likeness (QED) is 0.909. The fourth-order valence-corrected chi connectivity index (χ4v) is 2.90. The van der Waals surface area contributed by atoms with Crippen molar-refractivity contribution in [3.63, 3.8) is 0 Å². The summed E-state index contributed by atoms with van der Waals surface area (Å²) < 4.78 is 4.06. The van der Waals surface area contributed by atoms with E-state index in [-0.39, 0.29) is 0 Å². The average Bonchev–Trinajstić information content (AvgIpc) is 3.15. The van der Waals surface area contributed by atoms with Gasteiger partial charge in [-0.2, -0.15) is 10.2 Å². The van der Waals surface area contributed by atoms with Crippen LogP contribution in [0.5, 0.6) is 0 Å². The molecule has 0 atom stereocenters. The molecule has 0 radical (unpaired) electrons. The Labute approximate surface area is 120 Å². The molecule has 0 spiro atoms. The van der Waals surface area contributed by atoms with Gasteiger partial charge in [0.25, 0.3) is 0 Å². The Hall–Kier alpha value is -1.62. The lowest BCUT2D eigenvalue weighted by Crippen LogP contribution is -2.13. The third kappa shape index (κ3) is 2.77. The summed E-state index contributed by atoms with van der Waals surface area (Å²) >= 11 is 0. The lowest BCUT2D eigenvalue weighted by atomic mass is 10.2. The number of nitrogens with one attached hydrogen (secondary N) is 1. The van der Waals surface area contributed by atoms with E-state index in [0.717, 1.165) is 13.1 Å². The summed E-state index contributed by atoms with van der Waals surface area (Å²) in [5.74, 6) is 0. The van der Waals surface area contributed by atoms with Crippen molar-refractivity contribution in [2.24, 2.45) is 7.05 Å². The van der Waals surface area contributed by atoms with Crippen LogP contribution in [0, 0.1) is 6.92 Å². The summed E-state index contributed by atoms with van der Waals surface area (Å²) in [6, 6.07) is 0.629. The molecule has 2 heterocycles. The van der Waals surface area contributed by atoms with E-state index in [4.69, 9.17) is 0 Å². The van der Waals surface area contributed by atoms with E-state index in [2.05, 4.69) is 33.3 Å². The molecule has 1 aliphatic carbocycles. The minimum atomic E-state index is 0.629. The van der Waals surface area contributed by atoms with Gasteiger partial charge in [0.2, 0.25) is 0 Å². The SMILES string of the molecule is Cc1c(CNCc2cnn(C3CCCC3)c2)cnn1C. The Morgan fingerprint density at radius 3 is 2.70 bits per heavy atom. The minimum Gasteiger partial charge on any atom is -0.308 e. The minimum absolute atomic E-state index is 0.629. The first kappa shape index (κ1) is 13.4. The summed E-state index contributed by atoms with van der Waals surface area (Å²) in [5, 5.41) is 12.2. The zero-order valence-electron chi connectivity index (χ0n) is 12.3. The van der Waals surface area contributed by atoms with Crippen LogP contribution in [0.2, 0.25) is 0 Å². The average molecular weight is 273 g/mol. The number of rotatable bonds is 5. The second-order valence-electron chi connectivity index (χ2n) is 5.75. The molecular formula is C15H23N5. The highest BCUT2D eigenvalue weighted by Crippen LogP contribution is 2.28. The maximum atomic E-state index is 4.51. The molecule has 1 saturated carbocycles. The molecule has 1 aliphatic rings. The van der Waals surface area contributed by atoms with Crippen molar-refractivity contribution in [1.82, 2.24) is 24.9 Å². The molecule has 2 aromatic rings. The molecule has 0 bridgehead atoms. The van der Waals surface area contributed by atoms with Gasteiger partial charge in [0.05, 0.1) is 18.4 Å². The molecular weight excluding hydrogens is 250 g/mol. The smallest absolute Gasteiger partial charge is 0.0537 e. The van der Waals surface area contributed by atoms with Crippen molar-refractivity contribution in [2.45, 2.75) is 51.7 Å². The molecule has 0 aliphatic heterocycles. The van der Waals surface area contributed by atoms with Crippen LogP contribution in [0.3, 0.4) is 0 Å². The third-order valence-corrected chi connectivity index (χ3v) is 4.34. The first-order valence-electron chi connectivity index (χ1n) is 7.45. The number of nitrogens with zero attached hydrogens (tertiary/aromatic N) is 4. The summed E-state index contributed by atoms with van der Waals surface area (Å²) in [7, 11) is 1.98.